The first-order valence-corrected chi connectivity index (χ1v) is 6.75. The van der Waals surface area contributed by atoms with E-state index in [-0.39, 0.29) is 10.6 Å². The lowest BCUT2D eigenvalue weighted by molar-refractivity contribution is 0.0697. The van der Waals surface area contributed by atoms with Crippen LogP contribution in [0, 0.1) is 5.92 Å². The van der Waals surface area contributed by atoms with Gasteiger partial charge in [-0.15, -0.1) is 0 Å². The van der Waals surface area contributed by atoms with Crippen LogP contribution in [0.15, 0.2) is 12.3 Å². The van der Waals surface area contributed by atoms with E-state index in [0.29, 0.717) is 11.7 Å². The summed E-state index contributed by atoms with van der Waals surface area (Å²) in [5.74, 6) is 0.104. The highest BCUT2D eigenvalue weighted by atomic mass is 35.5. The van der Waals surface area contributed by atoms with Crippen LogP contribution < -0.4 is 5.32 Å². The van der Waals surface area contributed by atoms with Crippen LogP contribution in [0.4, 0.5) is 5.82 Å². The van der Waals surface area contributed by atoms with E-state index in [1.54, 1.807) is 0 Å². The van der Waals surface area contributed by atoms with Crippen molar-refractivity contribution in [1.82, 2.24) is 9.88 Å². The number of carbonyl (C=O) groups is 1. The molecule has 1 aromatic rings. The van der Waals surface area contributed by atoms with Gasteiger partial charge in [-0.2, -0.15) is 0 Å². The van der Waals surface area contributed by atoms with Crippen molar-refractivity contribution in [3.63, 3.8) is 0 Å². The average Bonchev–Trinajstić information content (AvgIpc) is 2.37. The number of hydrogen-bond donors (Lipinski definition) is 2. The maximum absolute atomic E-state index is 11.0. The Morgan fingerprint density at radius 3 is 3.16 bits per heavy atom. The summed E-state index contributed by atoms with van der Waals surface area (Å²) in [7, 11) is 2.12. The molecule has 0 aliphatic carbocycles. The number of rotatable bonds is 4. The number of carboxylic acid groups (broad SMARTS) is 1. The van der Waals surface area contributed by atoms with E-state index in [9.17, 15) is 4.79 Å². The Bertz CT molecular complexity index is 467. The van der Waals surface area contributed by atoms with Crippen LogP contribution in [0.2, 0.25) is 5.02 Å². The first-order valence-electron chi connectivity index (χ1n) is 6.37. The predicted molar refractivity (Wildman–Crippen MR) is 74.9 cm³/mol. The van der Waals surface area contributed by atoms with Gasteiger partial charge in [0, 0.05) is 19.3 Å². The Morgan fingerprint density at radius 1 is 1.68 bits per heavy atom. The van der Waals surface area contributed by atoms with E-state index in [4.69, 9.17) is 16.7 Å². The number of pyridine rings is 1. The summed E-state index contributed by atoms with van der Waals surface area (Å²) in [6, 6.07) is 1.48. The summed E-state index contributed by atoms with van der Waals surface area (Å²) >= 11 is 5.78. The van der Waals surface area contributed by atoms with E-state index in [2.05, 4.69) is 22.2 Å². The van der Waals surface area contributed by atoms with Crippen molar-refractivity contribution < 1.29 is 9.90 Å². The summed E-state index contributed by atoms with van der Waals surface area (Å²) < 4.78 is 0. The van der Waals surface area contributed by atoms with E-state index in [1.165, 1.54) is 25.1 Å². The van der Waals surface area contributed by atoms with Crippen LogP contribution in [-0.4, -0.2) is 47.6 Å². The maximum Gasteiger partial charge on any atom is 0.337 e. The molecule has 6 heteroatoms. The zero-order chi connectivity index (χ0) is 13.8. The van der Waals surface area contributed by atoms with Crippen LogP contribution >= 0.6 is 11.6 Å². The highest BCUT2D eigenvalue weighted by Crippen LogP contribution is 2.19. The molecule has 0 radical (unpaired) electrons. The fraction of sp³-hybridized carbons (Fsp3) is 0.538. The second-order valence-corrected chi connectivity index (χ2v) is 5.41. The molecule has 19 heavy (non-hydrogen) atoms. The standard InChI is InChI=1S/C13H18ClN3O2/c1-17-4-2-3-9(8-17)6-15-12-5-10(13(18)19)11(14)7-16-12/h5,7,9H,2-4,6,8H2,1H3,(H,15,16)(H,18,19). The Hall–Kier alpha value is -1.33. The molecule has 0 saturated carbocycles. The van der Waals surface area contributed by atoms with Gasteiger partial charge in [0.15, 0.2) is 0 Å². The zero-order valence-electron chi connectivity index (χ0n) is 10.9. The first-order chi connectivity index (χ1) is 9.06. The lowest BCUT2D eigenvalue weighted by Gasteiger charge is -2.29. The fourth-order valence-corrected chi connectivity index (χ4v) is 2.57. The minimum Gasteiger partial charge on any atom is -0.478 e. The van der Waals surface area contributed by atoms with E-state index in [1.807, 2.05) is 0 Å². The van der Waals surface area contributed by atoms with Gasteiger partial charge in [0.1, 0.15) is 5.82 Å². The smallest absolute Gasteiger partial charge is 0.337 e. The van der Waals surface area contributed by atoms with Gasteiger partial charge in [0.2, 0.25) is 0 Å². The number of nitrogens with zero attached hydrogens (tertiary/aromatic N) is 2. The van der Waals surface area contributed by atoms with Crippen LogP contribution in [0.1, 0.15) is 23.2 Å². The Balaban J connectivity index is 1.96. The number of carboxylic acids is 1. The van der Waals surface area contributed by atoms with Crippen LogP contribution in [0.25, 0.3) is 0 Å². The summed E-state index contributed by atoms with van der Waals surface area (Å²) in [5.41, 5.74) is 0.0833. The number of hydrogen-bond acceptors (Lipinski definition) is 4. The Kier molecular flexibility index (Phi) is 4.61. The van der Waals surface area contributed by atoms with Gasteiger partial charge in [-0.05, 0) is 38.4 Å². The van der Waals surface area contributed by atoms with Crippen molar-refractivity contribution in [3.8, 4) is 0 Å². The van der Waals surface area contributed by atoms with Gasteiger partial charge in [-0.25, -0.2) is 9.78 Å². The van der Waals surface area contributed by atoms with Gasteiger partial charge < -0.3 is 15.3 Å². The normalized spacial score (nSPS) is 20.2. The Labute approximate surface area is 117 Å². The zero-order valence-corrected chi connectivity index (χ0v) is 11.7. The molecule has 2 heterocycles. The second kappa shape index (κ2) is 6.21. The summed E-state index contributed by atoms with van der Waals surface area (Å²) in [4.78, 5) is 17.4. The third-order valence-corrected chi connectivity index (χ3v) is 3.68. The monoisotopic (exact) mass is 283 g/mol. The number of aromatic carboxylic acids is 1. The van der Waals surface area contributed by atoms with Gasteiger partial charge in [-0.3, -0.25) is 0 Å². The fourth-order valence-electron chi connectivity index (χ4n) is 2.39. The molecule has 0 aromatic carbocycles. The van der Waals surface area contributed by atoms with Crippen LogP contribution in [0.5, 0.6) is 0 Å². The molecule has 2 N–H and O–H groups in total. The van der Waals surface area contributed by atoms with E-state index >= 15 is 0 Å². The van der Waals surface area contributed by atoms with Crippen molar-refractivity contribution >= 4 is 23.4 Å². The molecule has 1 aliphatic rings. The summed E-state index contributed by atoms with van der Waals surface area (Å²) in [6.07, 6.45) is 3.77. The number of halogens is 1. The number of likely N-dealkylation sites (tertiary alicyclic amines) is 1. The molecule has 1 aliphatic heterocycles. The van der Waals surface area contributed by atoms with Crippen molar-refractivity contribution in [2.75, 3.05) is 32.0 Å². The molecular weight excluding hydrogens is 266 g/mol. The van der Waals surface area contributed by atoms with Crippen molar-refractivity contribution in [3.05, 3.63) is 22.8 Å². The first kappa shape index (κ1) is 14.1. The second-order valence-electron chi connectivity index (χ2n) is 5.01. The molecule has 0 amide bonds. The molecule has 0 bridgehead atoms. The largest absolute Gasteiger partial charge is 0.478 e. The SMILES string of the molecule is CN1CCCC(CNc2cc(C(=O)O)c(Cl)cn2)C1. The third-order valence-electron chi connectivity index (χ3n) is 3.38. The minimum absolute atomic E-state index is 0.0833. The number of anilines is 1. The highest BCUT2D eigenvalue weighted by Gasteiger charge is 2.17. The van der Waals surface area contributed by atoms with Gasteiger partial charge in [0.25, 0.3) is 0 Å². The number of aromatic nitrogens is 1. The molecule has 104 valence electrons. The van der Waals surface area contributed by atoms with Crippen molar-refractivity contribution in [2.24, 2.45) is 5.92 Å². The molecule has 0 spiro atoms. The van der Waals surface area contributed by atoms with E-state index < -0.39 is 5.97 Å². The molecular formula is C13H18ClN3O2. The third kappa shape index (κ3) is 3.81. The number of nitrogens with one attached hydrogen (secondary N) is 1. The molecule has 1 fully saturated rings. The number of piperidine rings is 1. The quantitative estimate of drug-likeness (QED) is 0.887. The maximum atomic E-state index is 11.0. The Morgan fingerprint density at radius 2 is 2.47 bits per heavy atom. The van der Waals surface area contributed by atoms with Gasteiger partial charge >= 0.3 is 5.97 Å². The molecule has 2 rings (SSSR count). The van der Waals surface area contributed by atoms with Gasteiger partial charge in [0.05, 0.1) is 10.6 Å². The lowest BCUT2D eigenvalue weighted by atomic mass is 9.98. The minimum atomic E-state index is -1.03. The topological polar surface area (TPSA) is 65.5 Å². The molecule has 5 nitrogen and oxygen atoms in total. The predicted octanol–water partition coefficient (Wildman–Crippen LogP) is 2.19. The van der Waals surface area contributed by atoms with Crippen LogP contribution in [-0.2, 0) is 0 Å². The van der Waals surface area contributed by atoms with Crippen molar-refractivity contribution in [1.29, 1.82) is 0 Å². The van der Waals surface area contributed by atoms with Crippen molar-refractivity contribution in [2.45, 2.75) is 12.8 Å². The van der Waals surface area contributed by atoms with Gasteiger partial charge in [-0.1, -0.05) is 11.6 Å². The molecule has 1 atom stereocenters. The highest BCUT2D eigenvalue weighted by molar-refractivity contribution is 6.33. The molecule has 1 unspecified atom stereocenters. The average molecular weight is 284 g/mol. The lowest BCUT2D eigenvalue weighted by Crippen LogP contribution is -2.35. The molecule has 1 saturated heterocycles. The van der Waals surface area contributed by atoms with E-state index in [0.717, 1.165) is 19.6 Å². The summed E-state index contributed by atoms with van der Waals surface area (Å²) in [5, 5.41) is 12.4. The summed E-state index contributed by atoms with van der Waals surface area (Å²) in [6.45, 7) is 3.02. The molecule has 1 aromatic heterocycles. The van der Waals surface area contributed by atoms with Crippen LogP contribution in [0.3, 0.4) is 0 Å².